The molecule has 0 amide bonds. The number of para-hydroxylation sites is 1. The molecule has 0 unspecified atom stereocenters. The first kappa shape index (κ1) is 26.6. The molecule has 0 spiro atoms. The zero-order valence-corrected chi connectivity index (χ0v) is 20.4. The summed E-state index contributed by atoms with van der Waals surface area (Å²) in [5.74, 6) is 0.514. The molecule has 2 aromatic carbocycles. The third-order valence-corrected chi connectivity index (χ3v) is 5.37. The first-order chi connectivity index (χ1) is 17.0. The lowest BCUT2D eigenvalue weighted by molar-refractivity contribution is 0.0192. The number of hydrogen-bond donors (Lipinski definition) is 1. The van der Waals surface area contributed by atoms with Crippen molar-refractivity contribution in [2.24, 2.45) is 0 Å². The van der Waals surface area contributed by atoms with Gasteiger partial charge in [-0.1, -0.05) is 37.3 Å². The van der Waals surface area contributed by atoms with Gasteiger partial charge in [0, 0.05) is 32.8 Å². The minimum absolute atomic E-state index is 0.200. The summed E-state index contributed by atoms with van der Waals surface area (Å²) in [4.78, 5) is 2.08. The predicted octanol–water partition coefficient (Wildman–Crippen LogP) is 4.38. The van der Waals surface area contributed by atoms with Crippen LogP contribution >= 0.6 is 0 Å². The van der Waals surface area contributed by atoms with Gasteiger partial charge in [0.1, 0.15) is 11.6 Å². The molecule has 0 aliphatic heterocycles. The molecule has 0 fully saturated rings. The number of rotatable bonds is 15. The number of aryl methyl sites for hydroxylation is 1. The van der Waals surface area contributed by atoms with Gasteiger partial charge in [-0.3, -0.25) is 4.90 Å². The predicted molar refractivity (Wildman–Crippen MR) is 134 cm³/mol. The van der Waals surface area contributed by atoms with Crippen molar-refractivity contribution in [3.63, 3.8) is 0 Å². The van der Waals surface area contributed by atoms with Crippen LogP contribution in [0.1, 0.15) is 18.2 Å². The second-order valence-corrected chi connectivity index (χ2v) is 8.10. The van der Waals surface area contributed by atoms with Crippen molar-refractivity contribution in [2.75, 3.05) is 40.0 Å². The maximum Gasteiger partial charge on any atom is 0.227 e. The number of ether oxygens (including phenoxy) is 3. The van der Waals surface area contributed by atoms with E-state index >= 15 is 0 Å². The molecule has 7 nitrogen and oxygen atoms in total. The molecule has 0 bridgehead atoms. The van der Waals surface area contributed by atoms with Gasteiger partial charge < -0.3 is 19.3 Å². The van der Waals surface area contributed by atoms with E-state index in [1.54, 1.807) is 30.0 Å². The fourth-order valence-electron chi connectivity index (χ4n) is 3.73. The Hall–Kier alpha value is -3.04. The molecule has 1 N–H and O–H groups in total. The van der Waals surface area contributed by atoms with E-state index in [0.717, 1.165) is 16.9 Å². The van der Waals surface area contributed by atoms with Crippen LogP contribution in [0.25, 0.3) is 5.69 Å². The highest BCUT2D eigenvalue weighted by atomic mass is 19.1. The molecule has 188 valence electrons. The zero-order valence-electron chi connectivity index (χ0n) is 20.4. The van der Waals surface area contributed by atoms with E-state index in [-0.39, 0.29) is 12.4 Å². The summed E-state index contributed by atoms with van der Waals surface area (Å²) < 4.78 is 32.6. The highest BCUT2D eigenvalue weighted by Gasteiger charge is 2.24. The van der Waals surface area contributed by atoms with Crippen LogP contribution in [0.5, 0.6) is 11.6 Å². The minimum atomic E-state index is -0.686. The quantitative estimate of drug-likeness (QED) is 0.256. The average Bonchev–Trinajstić information content (AvgIpc) is 3.20. The fraction of sp³-hybridized carbons (Fsp3) is 0.370. The molecule has 35 heavy (non-hydrogen) atoms. The summed E-state index contributed by atoms with van der Waals surface area (Å²) in [6, 6.07) is 15.7. The Labute approximate surface area is 206 Å². The summed E-state index contributed by atoms with van der Waals surface area (Å²) in [6.45, 7) is 8.16. The minimum Gasteiger partial charge on any atom is -0.438 e. The number of aromatic nitrogens is 2. The lowest BCUT2D eigenvalue weighted by Gasteiger charge is -2.25. The Bertz CT molecular complexity index is 1060. The van der Waals surface area contributed by atoms with Crippen molar-refractivity contribution in [3.8, 4) is 17.3 Å². The zero-order chi connectivity index (χ0) is 25.0. The van der Waals surface area contributed by atoms with Gasteiger partial charge in [0.15, 0.2) is 0 Å². The monoisotopic (exact) mass is 483 g/mol. The Balaban J connectivity index is 1.97. The van der Waals surface area contributed by atoms with Crippen molar-refractivity contribution in [2.45, 2.75) is 26.0 Å². The third kappa shape index (κ3) is 7.73. The Morgan fingerprint density at radius 2 is 2.00 bits per heavy atom. The average molecular weight is 484 g/mol. The largest absolute Gasteiger partial charge is 0.438 e. The molecule has 0 radical (unpaired) electrons. The molecule has 1 atom stereocenters. The van der Waals surface area contributed by atoms with Crippen molar-refractivity contribution >= 4 is 0 Å². The molecular formula is C27H34FN3O4. The molecule has 8 heteroatoms. The Kier molecular flexibility index (Phi) is 10.4. The fourth-order valence-corrected chi connectivity index (χ4v) is 3.73. The van der Waals surface area contributed by atoms with Gasteiger partial charge in [0.2, 0.25) is 5.88 Å². The summed E-state index contributed by atoms with van der Waals surface area (Å²) in [5.41, 5.74) is 2.57. The SMILES string of the molecule is C=CCOC[C@@H](O)CN(CCOC)Cc1c(CC)nn(-c2ccccc2)c1Oc1cccc(F)c1. The van der Waals surface area contributed by atoms with Gasteiger partial charge in [-0.2, -0.15) is 5.10 Å². The Morgan fingerprint density at radius 1 is 1.20 bits per heavy atom. The summed E-state index contributed by atoms with van der Waals surface area (Å²) in [6.07, 6.45) is 1.64. The lowest BCUT2D eigenvalue weighted by atomic mass is 10.1. The maximum atomic E-state index is 13.9. The second-order valence-electron chi connectivity index (χ2n) is 8.10. The smallest absolute Gasteiger partial charge is 0.227 e. The summed E-state index contributed by atoms with van der Waals surface area (Å²) in [5, 5.41) is 15.4. The van der Waals surface area contributed by atoms with Gasteiger partial charge in [0.05, 0.1) is 42.9 Å². The lowest BCUT2D eigenvalue weighted by Crippen LogP contribution is -2.36. The molecule has 0 aliphatic rings. The molecule has 3 aromatic rings. The third-order valence-electron chi connectivity index (χ3n) is 5.37. The van der Waals surface area contributed by atoms with Crippen LogP contribution in [0, 0.1) is 5.82 Å². The van der Waals surface area contributed by atoms with Crippen LogP contribution in [0.4, 0.5) is 4.39 Å². The van der Waals surface area contributed by atoms with E-state index in [9.17, 15) is 9.50 Å². The van der Waals surface area contributed by atoms with Gasteiger partial charge in [-0.15, -0.1) is 6.58 Å². The molecule has 0 aliphatic carbocycles. The Morgan fingerprint density at radius 3 is 2.69 bits per heavy atom. The van der Waals surface area contributed by atoms with E-state index in [1.807, 2.05) is 37.3 Å². The van der Waals surface area contributed by atoms with Crippen molar-refractivity contribution < 1.29 is 23.7 Å². The van der Waals surface area contributed by atoms with Crippen molar-refractivity contribution in [1.29, 1.82) is 0 Å². The first-order valence-corrected chi connectivity index (χ1v) is 11.7. The maximum absolute atomic E-state index is 13.9. The van der Waals surface area contributed by atoms with Gasteiger partial charge >= 0.3 is 0 Å². The van der Waals surface area contributed by atoms with Crippen LogP contribution in [0.2, 0.25) is 0 Å². The van der Waals surface area contributed by atoms with Gasteiger partial charge in [-0.05, 0) is 30.7 Å². The van der Waals surface area contributed by atoms with Crippen molar-refractivity contribution in [1.82, 2.24) is 14.7 Å². The molecule has 1 heterocycles. The number of halogens is 1. The number of hydrogen-bond acceptors (Lipinski definition) is 6. The molecule has 1 aromatic heterocycles. The van der Waals surface area contributed by atoms with Gasteiger partial charge in [-0.25, -0.2) is 9.07 Å². The molecular weight excluding hydrogens is 449 g/mol. The second kappa shape index (κ2) is 13.7. The number of methoxy groups -OCH3 is 1. The van der Waals surface area contributed by atoms with Gasteiger partial charge in [0.25, 0.3) is 0 Å². The molecule has 0 saturated heterocycles. The van der Waals surface area contributed by atoms with E-state index in [0.29, 0.717) is 50.9 Å². The van der Waals surface area contributed by atoms with Crippen LogP contribution in [-0.2, 0) is 22.4 Å². The highest BCUT2D eigenvalue weighted by Crippen LogP contribution is 2.32. The number of nitrogens with zero attached hydrogens (tertiary/aromatic N) is 3. The topological polar surface area (TPSA) is 69.0 Å². The first-order valence-electron chi connectivity index (χ1n) is 11.7. The molecule has 0 saturated carbocycles. The number of aliphatic hydroxyl groups is 1. The van der Waals surface area contributed by atoms with Crippen LogP contribution in [0.3, 0.4) is 0 Å². The highest BCUT2D eigenvalue weighted by molar-refractivity contribution is 5.43. The van der Waals surface area contributed by atoms with E-state index in [2.05, 4.69) is 11.5 Å². The number of aliphatic hydroxyl groups excluding tert-OH is 1. The van der Waals surface area contributed by atoms with E-state index in [1.165, 1.54) is 12.1 Å². The normalized spacial score (nSPS) is 12.1. The molecule has 3 rings (SSSR count). The van der Waals surface area contributed by atoms with E-state index < -0.39 is 6.10 Å². The summed E-state index contributed by atoms with van der Waals surface area (Å²) >= 11 is 0. The van der Waals surface area contributed by atoms with Crippen LogP contribution < -0.4 is 4.74 Å². The van der Waals surface area contributed by atoms with Crippen LogP contribution in [-0.4, -0.2) is 65.9 Å². The van der Waals surface area contributed by atoms with Crippen LogP contribution in [0.15, 0.2) is 67.3 Å². The number of benzene rings is 2. The standard InChI is InChI=1S/C27H34FN3O4/c1-4-15-34-20-23(32)18-30(14-16-33-3)19-25-26(5-2)29-31(22-11-7-6-8-12-22)27(25)35-24-13-9-10-21(28)17-24/h4,6-13,17,23,32H,1,5,14-16,18-20H2,2-3H3/t23-/m0/s1. The van der Waals surface area contributed by atoms with E-state index in [4.69, 9.17) is 19.3 Å². The summed E-state index contributed by atoms with van der Waals surface area (Å²) in [7, 11) is 1.64. The van der Waals surface area contributed by atoms with Crippen molar-refractivity contribution in [3.05, 3.63) is 84.3 Å².